The average molecular weight is 405 g/mol. The molecular formula is C24H28N4O2. The van der Waals surface area contributed by atoms with Crippen molar-refractivity contribution < 1.29 is 9.53 Å². The maximum atomic E-state index is 12.9. The molecule has 30 heavy (non-hydrogen) atoms. The molecule has 1 amide bonds. The summed E-state index contributed by atoms with van der Waals surface area (Å²) in [7, 11) is 0. The summed E-state index contributed by atoms with van der Waals surface area (Å²) in [4.78, 5) is 24.5. The lowest BCUT2D eigenvalue weighted by molar-refractivity contribution is -0.120. The van der Waals surface area contributed by atoms with E-state index in [2.05, 4.69) is 34.3 Å². The number of rotatable bonds is 6. The van der Waals surface area contributed by atoms with Crippen molar-refractivity contribution in [2.24, 2.45) is 5.92 Å². The summed E-state index contributed by atoms with van der Waals surface area (Å²) in [6.45, 7) is 6.02. The lowest BCUT2D eigenvalue weighted by Gasteiger charge is -2.33. The number of anilines is 2. The molecule has 1 unspecified atom stereocenters. The second-order valence-electron chi connectivity index (χ2n) is 7.60. The minimum atomic E-state index is -0.104. The average Bonchev–Trinajstić information content (AvgIpc) is 2.79. The molecule has 6 nitrogen and oxygen atoms in total. The van der Waals surface area contributed by atoms with Gasteiger partial charge in [0, 0.05) is 18.8 Å². The summed E-state index contributed by atoms with van der Waals surface area (Å²) in [6, 6.07) is 15.8. The first-order valence-electron chi connectivity index (χ1n) is 10.7. The number of amides is 1. The lowest BCUT2D eigenvalue weighted by Crippen LogP contribution is -2.41. The fourth-order valence-electron chi connectivity index (χ4n) is 3.87. The van der Waals surface area contributed by atoms with E-state index in [1.165, 1.54) is 5.56 Å². The monoisotopic (exact) mass is 404 g/mol. The van der Waals surface area contributed by atoms with Crippen LogP contribution in [-0.2, 0) is 11.2 Å². The Labute approximate surface area is 177 Å². The molecule has 1 saturated heterocycles. The number of carbonyl (C=O) groups excluding carboxylic acids is 1. The number of nitrogens with zero attached hydrogens (tertiary/aromatic N) is 3. The number of hydrogen-bond donors (Lipinski definition) is 1. The third-order valence-electron chi connectivity index (χ3n) is 5.52. The van der Waals surface area contributed by atoms with E-state index in [1.54, 1.807) is 0 Å². The Morgan fingerprint density at radius 1 is 1.10 bits per heavy atom. The first-order valence-corrected chi connectivity index (χ1v) is 10.7. The highest BCUT2D eigenvalue weighted by Gasteiger charge is 2.29. The van der Waals surface area contributed by atoms with E-state index in [0.717, 1.165) is 48.3 Å². The van der Waals surface area contributed by atoms with Crippen molar-refractivity contribution in [1.82, 2.24) is 9.97 Å². The lowest BCUT2D eigenvalue weighted by atomic mass is 9.97. The molecule has 4 rings (SSSR count). The van der Waals surface area contributed by atoms with Crippen LogP contribution < -0.4 is 15.0 Å². The quantitative estimate of drug-likeness (QED) is 0.658. The highest BCUT2D eigenvalue weighted by molar-refractivity contribution is 5.93. The Balaban J connectivity index is 1.53. The van der Waals surface area contributed by atoms with Crippen LogP contribution in [-0.4, -0.2) is 35.6 Å². The maximum absolute atomic E-state index is 12.9. The Bertz CT molecular complexity index is 1020. The number of piperidine rings is 1. The third-order valence-corrected chi connectivity index (χ3v) is 5.52. The normalized spacial score (nSPS) is 16.5. The van der Waals surface area contributed by atoms with E-state index in [0.29, 0.717) is 19.0 Å². The zero-order valence-electron chi connectivity index (χ0n) is 17.6. The molecule has 1 N–H and O–H groups in total. The fraction of sp³-hybridized carbons (Fsp3) is 0.375. The van der Waals surface area contributed by atoms with Gasteiger partial charge in [-0.3, -0.25) is 4.79 Å². The van der Waals surface area contributed by atoms with Gasteiger partial charge < -0.3 is 15.0 Å². The van der Waals surface area contributed by atoms with Crippen LogP contribution in [0.15, 0.2) is 48.5 Å². The van der Waals surface area contributed by atoms with Gasteiger partial charge in [0.1, 0.15) is 0 Å². The van der Waals surface area contributed by atoms with Gasteiger partial charge in [-0.05, 0) is 56.0 Å². The molecule has 1 aliphatic rings. The molecule has 2 aromatic carbocycles. The van der Waals surface area contributed by atoms with Crippen LogP contribution in [0, 0.1) is 5.92 Å². The number of carbonyl (C=O) groups is 1. The number of benzene rings is 2. The molecule has 2 heterocycles. The van der Waals surface area contributed by atoms with E-state index in [-0.39, 0.29) is 11.8 Å². The van der Waals surface area contributed by atoms with Crippen molar-refractivity contribution in [1.29, 1.82) is 0 Å². The second kappa shape index (κ2) is 9.11. The van der Waals surface area contributed by atoms with Gasteiger partial charge in [0.05, 0.1) is 23.6 Å². The van der Waals surface area contributed by atoms with Gasteiger partial charge >= 0.3 is 0 Å². The Hall–Kier alpha value is -3.15. The summed E-state index contributed by atoms with van der Waals surface area (Å²) in [5, 5.41) is 3.07. The number of hydrogen-bond acceptors (Lipinski definition) is 5. The first kappa shape index (κ1) is 20.1. The molecule has 0 radical (unpaired) electrons. The molecule has 1 aromatic heterocycles. The standard InChI is InChI=1S/C24H28N4O2/c1-3-17-11-13-19(14-12-17)25-23(29)18-8-7-15-28(16-18)22-24(30-4-2)27-21-10-6-5-9-20(21)26-22/h5-6,9-14,18H,3-4,7-8,15-16H2,1-2H3,(H,25,29). The van der Waals surface area contributed by atoms with Crippen LogP contribution in [0.3, 0.4) is 0 Å². The van der Waals surface area contributed by atoms with E-state index >= 15 is 0 Å². The SMILES string of the molecule is CCOc1nc2ccccc2nc1N1CCCC(C(=O)Nc2ccc(CC)cc2)C1. The van der Waals surface area contributed by atoms with Crippen LogP contribution in [0.5, 0.6) is 5.88 Å². The van der Waals surface area contributed by atoms with Gasteiger partial charge in [-0.25, -0.2) is 9.97 Å². The zero-order valence-corrected chi connectivity index (χ0v) is 17.6. The zero-order chi connectivity index (χ0) is 20.9. The highest BCUT2D eigenvalue weighted by atomic mass is 16.5. The molecule has 6 heteroatoms. The van der Waals surface area contributed by atoms with Crippen molar-refractivity contribution in [3.05, 3.63) is 54.1 Å². The predicted molar refractivity (Wildman–Crippen MR) is 120 cm³/mol. The van der Waals surface area contributed by atoms with E-state index in [9.17, 15) is 4.79 Å². The van der Waals surface area contributed by atoms with E-state index < -0.39 is 0 Å². The van der Waals surface area contributed by atoms with Crippen molar-refractivity contribution in [2.75, 3.05) is 29.9 Å². The first-order chi connectivity index (χ1) is 14.7. The largest absolute Gasteiger partial charge is 0.475 e. The van der Waals surface area contributed by atoms with Gasteiger partial charge in [0.2, 0.25) is 5.91 Å². The molecule has 3 aromatic rings. The predicted octanol–water partition coefficient (Wildman–Crippen LogP) is 4.45. The van der Waals surface area contributed by atoms with Gasteiger partial charge in [-0.1, -0.05) is 31.2 Å². The number of nitrogens with one attached hydrogen (secondary N) is 1. The van der Waals surface area contributed by atoms with Crippen molar-refractivity contribution in [2.45, 2.75) is 33.1 Å². The molecule has 1 fully saturated rings. The number of ether oxygens (including phenoxy) is 1. The van der Waals surface area contributed by atoms with Gasteiger partial charge in [-0.2, -0.15) is 0 Å². The van der Waals surface area contributed by atoms with Crippen LogP contribution >= 0.6 is 0 Å². The van der Waals surface area contributed by atoms with Gasteiger partial charge in [-0.15, -0.1) is 0 Å². The summed E-state index contributed by atoms with van der Waals surface area (Å²) < 4.78 is 5.80. The molecule has 0 bridgehead atoms. The second-order valence-corrected chi connectivity index (χ2v) is 7.60. The van der Waals surface area contributed by atoms with E-state index in [1.807, 2.05) is 43.3 Å². The number of aryl methyl sites for hydroxylation is 1. The fourth-order valence-corrected chi connectivity index (χ4v) is 3.87. The van der Waals surface area contributed by atoms with Crippen molar-refractivity contribution in [3.8, 4) is 5.88 Å². The molecule has 1 aliphatic heterocycles. The number of aromatic nitrogens is 2. The Morgan fingerprint density at radius 2 is 1.83 bits per heavy atom. The van der Waals surface area contributed by atoms with Gasteiger partial charge in [0.25, 0.3) is 5.88 Å². The van der Waals surface area contributed by atoms with Gasteiger partial charge in [0.15, 0.2) is 5.82 Å². The topological polar surface area (TPSA) is 67.4 Å². The summed E-state index contributed by atoms with van der Waals surface area (Å²) >= 11 is 0. The minimum Gasteiger partial charge on any atom is -0.475 e. The minimum absolute atomic E-state index is 0.0515. The summed E-state index contributed by atoms with van der Waals surface area (Å²) in [5.41, 5.74) is 3.75. The van der Waals surface area contributed by atoms with Crippen LogP contribution in [0.25, 0.3) is 11.0 Å². The Kier molecular flexibility index (Phi) is 6.12. The summed E-state index contributed by atoms with van der Waals surface area (Å²) in [6.07, 6.45) is 2.77. The van der Waals surface area contributed by atoms with Crippen LogP contribution in [0.4, 0.5) is 11.5 Å². The molecule has 0 spiro atoms. The van der Waals surface area contributed by atoms with E-state index in [4.69, 9.17) is 9.72 Å². The maximum Gasteiger partial charge on any atom is 0.258 e. The highest BCUT2D eigenvalue weighted by Crippen LogP contribution is 2.31. The third kappa shape index (κ3) is 4.37. The summed E-state index contributed by atoms with van der Waals surface area (Å²) in [5.74, 6) is 1.20. The molecule has 1 atom stereocenters. The number of para-hydroxylation sites is 2. The van der Waals surface area contributed by atoms with Crippen LogP contribution in [0.2, 0.25) is 0 Å². The smallest absolute Gasteiger partial charge is 0.258 e. The molecular weight excluding hydrogens is 376 g/mol. The van der Waals surface area contributed by atoms with Crippen molar-refractivity contribution >= 4 is 28.4 Å². The van der Waals surface area contributed by atoms with Crippen LogP contribution in [0.1, 0.15) is 32.3 Å². The Morgan fingerprint density at radius 3 is 2.53 bits per heavy atom. The number of fused-ring (bicyclic) bond motifs is 1. The molecule has 0 aliphatic carbocycles. The van der Waals surface area contributed by atoms with Crippen molar-refractivity contribution in [3.63, 3.8) is 0 Å². The molecule has 0 saturated carbocycles. The molecule has 156 valence electrons.